The van der Waals surface area contributed by atoms with Gasteiger partial charge in [0.25, 0.3) is 0 Å². The van der Waals surface area contributed by atoms with Gasteiger partial charge >= 0.3 is 5.97 Å². The summed E-state index contributed by atoms with van der Waals surface area (Å²) in [6, 6.07) is 1.86. The number of aromatic nitrogens is 2. The fourth-order valence-electron chi connectivity index (χ4n) is 1.52. The number of rotatable bonds is 2. The molecule has 2 rings (SSSR count). The van der Waals surface area contributed by atoms with Gasteiger partial charge in [0.05, 0.1) is 12.3 Å². The van der Waals surface area contributed by atoms with E-state index in [-0.39, 0.29) is 5.69 Å². The Morgan fingerprint density at radius 1 is 1.65 bits per heavy atom. The Kier molecular flexibility index (Phi) is 3.06. The van der Waals surface area contributed by atoms with Gasteiger partial charge in [-0.25, -0.2) is 9.78 Å². The van der Waals surface area contributed by atoms with Crippen molar-refractivity contribution >= 4 is 33.2 Å². The molecule has 0 atom stereocenters. The van der Waals surface area contributed by atoms with Crippen LogP contribution in [-0.4, -0.2) is 22.0 Å². The number of hydrogen-bond acceptors (Lipinski definition) is 4. The van der Waals surface area contributed by atoms with Gasteiger partial charge in [0.2, 0.25) is 0 Å². The molecule has 2 aromatic heterocycles. The van der Waals surface area contributed by atoms with Crippen molar-refractivity contribution in [2.24, 2.45) is 0 Å². The molecule has 2 aromatic rings. The second-order valence-corrected chi connectivity index (χ2v) is 4.33. The van der Waals surface area contributed by atoms with E-state index in [2.05, 4.69) is 20.9 Å². The van der Waals surface area contributed by atoms with E-state index in [0.29, 0.717) is 22.5 Å². The van der Waals surface area contributed by atoms with Crippen LogP contribution in [0.3, 0.4) is 0 Å². The monoisotopic (exact) mass is 297 g/mol. The van der Waals surface area contributed by atoms with Gasteiger partial charge in [-0.05, 0) is 41.4 Å². The van der Waals surface area contributed by atoms with Gasteiger partial charge in [0.1, 0.15) is 4.60 Å². The standard InChI is InChI=1S/C11H12BrN3O2/c1-3-17-11(16)8-9(12)15-5-4-6(2)7(13)10(15)14-8/h4-5H,3,13H2,1-2H3. The van der Waals surface area contributed by atoms with Crippen molar-refractivity contribution in [2.45, 2.75) is 13.8 Å². The predicted octanol–water partition coefficient (Wildman–Crippen LogP) is 2.16. The van der Waals surface area contributed by atoms with Crippen molar-refractivity contribution in [3.63, 3.8) is 0 Å². The molecule has 0 unspecified atom stereocenters. The van der Waals surface area contributed by atoms with Gasteiger partial charge in [-0.1, -0.05) is 0 Å². The van der Waals surface area contributed by atoms with Gasteiger partial charge in [-0.15, -0.1) is 0 Å². The molecule has 0 bridgehead atoms. The molecule has 90 valence electrons. The van der Waals surface area contributed by atoms with Crippen molar-refractivity contribution < 1.29 is 9.53 Å². The maximum atomic E-state index is 11.7. The zero-order valence-corrected chi connectivity index (χ0v) is 11.1. The molecule has 0 spiro atoms. The number of pyridine rings is 1. The van der Waals surface area contributed by atoms with Crippen LogP contribution in [-0.2, 0) is 4.74 Å². The lowest BCUT2D eigenvalue weighted by Crippen LogP contribution is -2.05. The molecule has 0 fully saturated rings. The molecule has 0 aliphatic heterocycles. The summed E-state index contributed by atoms with van der Waals surface area (Å²) in [7, 11) is 0. The Morgan fingerprint density at radius 2 is 2.35 bits per heavy atom. The van der Waals surface area contributed by atoms with E-state index in [1.165, 1.54) is 0 Å². The zero-order valence-electron chi connectivity index (χ0n) is 9.53. The van der Waals surface area contributed by atoms with Crippen LogP contribution in [0.1, 0.15) is 23.0 Å². The maximum absolute atomic E-state index is 11.7. The van der Waals surface area contributed by atoms with Crippen LogP contribution in [0.5, 0.6) is 0 Å². The van der Waals surface area contributed by atoms with E-state index < -0.39 is 5.97 Å². The highest BCUT2D eigenvalue weighted by Gasteiger charge is 2.19. The second kappa shape index (κ2) is 4.37. The van der Waals surface area contributed by atoms with Gasteiger partial charge in [0.15, 0.2) is 11.3 Å². The van der Waals surface area contributed by atoms with E-state index in [0.717, 1.165) is 5.56 Å². The maximum Gasteiger partial charge on any atom is 0.359 e. The molecule has 5 nitrogen and oxygen atoms in total. The minimum atomic E-state index is -0.458. The topological polar surface area (TPSA) is 69.6 Å². The Hall–Kier alpha value is -1.56. The lowest BCUT2D eigenvalue weighted by molar-refractivity contribution is 0.0519. The molecule has 0 aliphatic rings. The molecule has 0 aliphatic carbocycles. The largest absolute Gasteiger partial charge is 0.461 e. The summed E-state index contributed by atoms with van der Waals surface area (Å²) in [5, 5.41) is 0. The smallest absolute Gasteiger partial charge is 0.359 e. The number of imidazole rings is 1. The van der Waals surface area contributed by atoms with Crippen molar-refractivity contribution in [3.05, 3.63) is 28.1 Å². The number of halogens is 1. The summed E-state index contributed by atoms with van der Waals surface area (Å²) in [6.07, 6.45) is 1.81. The van der Waals surface area contributed by atoms with E-state index in [4.69, 9.17) is 10.5 Å². The van der Waals surface area contributed by atoms with E-state index >= 15 is 0 Å². The van der Waals surface area contributed by atoms with E-state index in [1.54, 1.807) is 17.5 Å². The fraction of sp³-hybridized carbons (Fsp3) is 0.273. The Morgan fingerprint density at radius 3 is 3.00 bits per heavy atom. The van der Waals surface area contributed by atoms with Gasteiger partial charge in [0, 0.05) is 6.20 Å². The SMILES string of the molecule is CCOC(=O)c1nc2c(N)c(C)ccn2c1Br. The number of anilines is 1. The molecule has 0 aromatic carbocycles. The average molecular weight is 298 g/mol. The van der Waals surface area contributed by atoms with Crippen LogP contribution in [0.15, 0.2) is 16.9 Å². The van der Waals surface area contributed by atoms with Crippen LogP contribution in [0, 0.1) is 6.92 Å². The van der Waals surface area contributed by atoms with Crippen LogP contribution < -0.4 is 5.73 Å². The number of esters is 1. The summed E-state index contributed by atoms with van der Waals surface area (Å²) < 4.78 is 7.19. The van der Waals surface area contributed by atoms with Gasteiger partial charge in [-0.3, -0.25) is 4.40 Å². The summed E-state index contributed by atoms with van der Waals surface area (Å²) in [5.74, 6) is -0.458. The first-order valence-corrected chi connectivity index (χ1v) is 5.95. The number of ether oxygens (including phenoxy) is 1. The molecule has 0 saturated carbocycles. The first-order valence-electron chi connectivity index (χ1n) is 5.16. The lowest BCUT2D eigenvalue weighted by atomic mass is 10.2. The number of nitrogens with two attached hydrogens (primary N) is 1. The molecule has 0 amide bonds. The molecule has 0 saturated heterocycles. The highest BCUT2D eigenvalue weighted by Crippen LogP contribution is 2.25. The van der Waals surface area contributed by atoms with E-state index in [9.17, 15) is 4.79 Å². The lowest BCUT2D eigenvalue weighted by Gasteiger charge is -2.01. The van der Waals surface area contributed by atoms with Crippen LogP contribution in [0.25, 0.3) is 5.65 Å². The number of carbonyl (C=O) groups excluding carboxylic acids is 1. The Balaban J connectivity index is 2.64. The summed E-state index contributed by atoms with van der Waals surface area (Å²) >= 11 is 3.33. The Bertz CT molecular complexity index is 592. The summed E-state index contributed by atoms with van der Waals surface area (Å²) in [4.78, 5) is 15.9. The first kappa shape index (κ1) is 11.9. The van der Waals surface area contributed by atoms with Crippen LogP contribution in [0.4, 0.5) is 5.69 Å². The number of hydrogen-bond donors (Lipinski definition) is 1. The minimum Gasteiger partial charge on any atom is -0.461 e. The van der Waals surface area contributed by atoms with Crippen LogP contribution in [0.2, 0.25) is 0 Å². The third-order valence-electron chi connectivity index (χ3n) is 2.46. The summed E-state index contributed by atoms with van der Waals surface area (Å²) in [6.45, 7) is 3.95. The second-order valence-electron chi connectivity index (χ2n) is 3.58. The molecule has 2 heterocycles. The number of nitrogens with zero attached hydrogens (tertiary/aromatic N) is 2. The number of fused-ring (bicyclic) bond motifs is 1. The van der Waals surface area contributed by atoms with Crippen molar-refractivity contribution in [1.29, 1.82) is 0 Å². The summed E-state index contributed by atoms with van der Waals surface area (Å²) in [5.41, 5.74) is 8.19. The van der Waals surface area contributed by atoms with Crippen molar-refractivity contribution in [3.8, 4) is 0 Å². The predicted molar refractivity (Wildman–Crippen MR) is 68.0 cm³/mol. The van der Waals surface area contributed by atoms with Crippen molar-refractivity contribution in [2.75, 3.05) is 12.3 Å². The van der Waals surface area contributed by atoms with Crippen LogP contribution >= 0.6 is 15.9 Å². The highest BCUT2D eigenvalue weighted by atomic mass is 79.9. The van der Waals surface area contributed by atoms with E-state index in [1.807, 2.05) is 13.0 Å². The molecule has 0 radical (unpaired) electrons. The molecule has 17 heavy (non-hydrogen) atoms. The molecule has 2 N–H and O–H groups in total. The number of carbonyl (C=O) groups is 1. The third-order valence-corrected chi connectivity index (χ3v) is 3.22. The third kappa shape index (κ3) is 1.88. The molecular weight excluding hydrogens is 286 g/mol. The fourth-order valence-corrected chi connectivity index (χ4v) is 2.06. The molecular formula is C11H12BrN3O2. The zero-order chi connectivity index (χ0) is 12.6. The van der Waals surface area contributed by atoms with Gasteiger partial charge in [-0.2, -0.15) is 0 Å². The quantitative estimate of drug-likeness (QED) is 0.863. The van der Waals surface area contributed by atoms with Crippen molar-refractivity contribution in [1.82, 2.24) is 9.38 Å². The first-order chi connectivity index (χ1) is 8.06. The average Bonchev–Trinajstić information content (AvgIpc) is 2.63. The van der Waals surface area contributed by atoms with Gasteiger partial charge < -0.3 is 10.5 Å². The number of aryl methyl sites for hydroxylation is 1. The number of nitrogen functional groups attached to an aromatic ring is 1. The highest BCUT2D eigenvalue weighted by molar-refractivity contribution is 9.10. The Labute approximate surface area is 107 Å². The minimum absolute atomic E-state index is 0.240. The normalized spacial score (nSPS) is 10.8. The molecule has 6 heteroatoms.